The summed E-state index contributed by atoms with van der Waals surface area (Å²) in [4.78, 5) is 22.0. The number of fused-ring (bicyclic) bond motifs is 1. The number of rotatable bonds is 4. The molecule has 7 nitrogen and oxygen atoms in total. The predicted molar refractivity (Wildman–Crippen MR) is 133 cm³/mol. The van der Waals surface area contributed by atoms with E-state index in [2.05, 4.69) is 45.5 Å². The van der Waals surface area contributed by atoms with Gasteiger partial charge in [0.2, 0.25) is 0 Å². The van der Waals surface area contributed by atoms with Gasteiger partial charge in [-0.05, 0) is 50.0 Å². The van der Waals surface area contributed by atoms with Crippen LogP contribution in [0.3, 0.4) is 0 Å². The van der Waals surface area contributed by atoms with Crippen molar-refractivity contribution in [1.82, 2.24) is 24.6 Å². The Bertz CT molecular complexity index is 1340. The van der Waals surface area contributed by atoms with Crippen molar-refractivity contribution in [3.63, 3.8) is 0 Å². The molecule has 1 aromatic carbocycles. The summed E-state index contributed by atoms with van der Waals surface area (Å²) in [5.74, 6) is 0. The fourth-order valence-corrected chi connectivity index (χ4v) is 4.20. The van der Waals surface area contributed by atoms with Crippen LogP contribution in [0.15, 0.2) is 67.3 Å². The van der Waals surface area contributed by atoms with Crippen molar-refractivity contribution in [2.24, 2.45) is 0 Å². The van der Waals surface area contributed by atoms with Crippen molar-refractivity contribution in [1.29, 1.82) is 0 Å². The lowest BCUT2D eigenvalue weighted by molar-refractivity contribution is 0.0270. The summed E-state index contributed by atoms with van der Waals surface area (Å²) in [5, 5.41) is 5.62. The van der Waals surface area contributed by atoms with Gasteiger partial charge in [-0.1, -0.05) is 36.4 Å². The summed E-state index contributed by atoms with van der Waals surface area (Å²) in [5.41, 5.74) is 5.97. The summed E-state index contributed by atoms with van der Waals surface area (Å²) < 4.78 is 7.46. The Morgan fingerprint density at radius 3 is 2.71 bits per heavy atom. The first-order valence-corrected chi connectivity index (χ1v) is 11.6. The van der Waals surface area contributed by atoms with E-state index in [1.54, 1.807) is 4.90 Å². The lowest BCUT2D eigenvalue weighted by Gasteiger charge is -2.29. The molecule has 5 rings (SSSR count). The third-order valence-corrected chi connectivity index (χ3v) is 5.89. The number of ether oxygens (including phenoxy) is 1. The number of carbonyl (C=O) groups is 1. The predicted octanol–water partition coefficient (Wildman–Crippen LogP) is 5.50. The first kappa shape index (κ1) is 21.9. The van der Waals surface area contributed by atoms with E-state index in [9.17, 15) is 4.79 Å². The quantitative estimate of drug-likeness (QED) is 0.441. The van der Waals surface area contributed by atoms with E-state index in [4.69, 9.17) is 4.74 Å². The van der Waals surface area contributed by atoms with Crippen molar-refractivity contribution in [2.75, 3.05) is 13.1 Å². The Labute approximate surface area is 199 Å². The molecule has 0 aliphatic carbocycles. The minimum Gasteiger partial charge on any atom is -0.444 e. The topological polar surface area (TPSA) is 76.0 Å². The molecule has 0 unspecified atom stereocenters. The molecule has 0 fully saturated rings. The number of carbonyl (C=O) groups excluding carboxylic acids is 1. The van der Waals surface area contributed by atoms with Crippen molar-refractivity contribution >= 4 is 22.7 Å². The van der Waals surface area contributed by atoms with Gasteiger partial charge in [-0.2, -0.15) is 5.10 Å². The normalized spacial score (nSPS) is 14.3. The molecule has 0 radical (unpaired) electrons. The van der Waals surface area contributed by atoms with Gasteiger partial charge in [0.15, 0.2) is 0 Å². The number of hydrogen-bond acceptors (Lipinski definition) is 4. The first-order valence-electron chi connectivity index (χ1n) is 11.6. The summed E-state index contributed by atoms with van der Waals surface area (Å²) in [6.45, 7) is 7.55. The fraction of sp³-hybridized carbons (Fsp3) is 0.296. The Balaban J connectivity index is 1.36. The van der Waals surface area contributed by atoms with Gasteiger partial charge in [0.25, 0.3) is 0 Å². The molecular weight excluding hydrogens is 426 g/mol. The zero-order valence-electron chi connectivity index (χ0n) is 19.8. The SMILES string of the molecule is CC(C)(C)OC(=O)N1CC=C(c2cnc3[nH]cc(-c4cnn(Cc5ccccc5)c4)c3c2)CC1. The summed E-state index contributed by atoms with van der Waals surface area (Å²) >= 11 is 0. The molecule has 4 aromatic rings. The van der Waals surface area contributed by atoms with Crippen LogP contribution >= 0.6 is 0 Å². The van der Waals surface area contributed by atoms with Crippen molar-refractivity contribution in [3.8, 4) is 11.1 Å². The lowest BCUT2D eigenvalue weighted by atomic mass is 9.99. The number of benzene rings is 1. The van der Waals surface area contributed by atoms with E-state index in [0.29, 0.717) is 13.1 Å². The maximum Gasteiger partial charge on any atom is 0.410 e. The van der Waals surface area contributed by atoms with Gasteiger partial charge >= 0.3 is 6.09 Å². The van der Waals surface area contributed by atoms with Crippen LogP contribution in [0, 0.1) is 0 Å². The largest absolute Gasteiger partial charge is 0.444 e. The van der Waals surface area contributed by atoms with Gasteiger partial charge in [-0.3, -0.25) is 4.68 Å². The van der Waals surface area contributed by atoms with Crippen molar-refractivity contribution < 1.29 is 9.53 Å². The highest BCUT2D eigenvalue weighted by molar-refractivity contribution is 5.95. The van der Waals surface area contributed by atoms with Gasteiger partial charge in [-0.25, -0.2) is 9.78 Å². The second-order valence-corrected chi connectivity index (χ2v) is 9.64. The first-order chi connectivity index (χ1) is 16.4. The average molecular weight is 456 g/mol. The average Bonchev–Trinajstić information content (AvgIpc) is 3.45. The van der Waals surface area contributed by atoms with Crippen LogP contribution in [-0.4, -0.2) is 49.4 Å². The third-order valence-electron chi connectivity index (χ3n) is 5.89. The van der Waals surface area contributed by atoms with Crippen molar-refractivity contribution in [2.45, 2.75) is 39.3 Å². The second kappa shape index (κ2) is 8.82. The van der Waals surface area contributed by atoms with Crippen LogP contribution in [0.2, 0.25) is 0 Å². The van der Waals surface area contributed by atoms with Crippen LogP contribution in [0.4, 0.5) is 4.79 Å². The van der Waals surface area contributed by atoms with E-state index in [1.807, 2.05) is 62.2 Å². The highest BCUT2D eigenvalue weighted by atomic mass is 16.6. The van der Waals surface area contributed by atoms with E-state index < -0.39 is 5.60 Å². The molecule has 7 heteroatoms. The molecule has 4 heterocycles. The number of amides is 1. The highest BCUT2D eigenvalue weighted by Gasteiger charge is 2.24. The summed E-state index contributed by atoms with van der Waals surface area (Å²) in [6.07, 6.45) is 10.5. The fourth-order valence-electron chi connectivity index (χ4n) is 4.20. The molecule has 0 bridgehead atoms. The Kier molecular flexibility index (Phi) is 5.69. The summed E-state index contributed by atoms with van der Waals surface area (Å²) in [7, 11) is 0. The van der Waals surface area contributed by atoms with Crippen LogP contribution in [0.1, 0.15) is 38.3 Å². The molecule has 34 heavy (non-hydrogen) atoms. The van der Waals surface area contributed by atoms with Gasteiger partial charge in [0.1, 0.15) is 11.2 Å². The second-order valence-electron chi connectivity index (χ2n) is 9.64. The third kappa shape index (κ3) is 4.73. The molecular formula is C27H29N5O2. The number of aromatic nitrogens is 4. The molecule has 1 aliphatic rings. The van der Waals surface area contributed by atoms with Crippen LogP contribution < -0.4 is 0 Å². The zero-order chi connectivity index (χ0) is 23.7. The molecule has 0 saturated heterocycles. The van der Waals surface area contributed by atoms with Crippen LogP contribution in [-0.2, 0) is 11.3 Å². The van der Waals surface area contributed by atoms with Gasteiger partial charge in [0, 0.05) is 48.2 Å². The minimum atomic E-state index is -0.490. The lowest BCUT2D eigenvalue weighted by Crippen LogP contribution is -2.39. The Morgan fingerprint density at radius 2 is 1.97 bits per heavy atom. The molecule has 1 aliphatic heterocycles. The highest BCUT2D eigenvalue weighted by Crippen LogP contribution is 2.31. The van der Waals surface area contributed by atoms with E-state index in [0.717, 1.165) is 40.7 Å². The van der Waals surface area contributed by atoms with E-state index in [1.165, 1.54) is 11.1 Å². The summed E-state index contributed by atoms with van der Waals surface area (Å²) in [6, 6.07) is 12.5. The standard InChI is InChI=1S/C27H29N5O2/c1-27(2,3)34-26(33)31-11-9-20(10-12-31)21-13-23-24(16-29-25(23)28-14-21)22-15-30-32(18-22)17-19-7-5-4-6-8-19/h4-9,13-16,18H,10-12,17H2,1-3H3,(H,28,29). The van der Waals surface area contributed by atoms with Crippen molar-refractivity contribution in [3.05, 3.63) is 78.4 Å². The van der Waals surface area contributed by atoms with Crippen LogP contribution in [0.5, 0.6) is 0 Å². The molecule has 1 amide bonds. The van der Waals surface area contributed by atoms with Gasteiger partial charge in [0.05, 0.1) is 12.7 Å². The van der Waals surface area contributed by atoms with Gasteiger partial charge < -0.3 is 14.6 Å². The molecule has 1 N–H and O–H groups in total. The monoisotopic (exact) mass is 455 g/mol. The molecule has 0 saturated carbocycles. The van der Waals surface area contributed by atoms with Gasteiger partial charge in [-0.15, -0.1) is 0 Å². The number of H-pyrrole nitrogens is 1. The number of aromatic amines is 1. The number of pyridine rings is 1. The number of nitrogens with one attached hydrogen (secondary N) is 1. The molecule has 0 atom stereocenters. The molecule has 174 valence electrons. The smallest absolute Gasteiger partial charge is 0.410 e. The number of nitrogens with zero attached hydrogens (tertiary/aromatic N) is 4. The maximum atomic E-state index is 12.4. The molecule has 3 aromatic heterocycles. The zero-order valence-corrected chi connectivity index (χ0v) is 19.8. The number of hydrogen-bond donors (Lipinski definition) is 1. The Morgan fingerprint density at radius 1 is 1.15 bits per heavy atom. The van der Waals surface area contributed by atoms with E-state index >= 15 is 0 Å². The maximum absolute atomic E-state index is 12.4. The minimum absolute atomic E-state index is 0.267. The molecule has 0 spiro atoms. The van der Waals surface area contributed by atoms with E-state index in [-0.39, 0.29) is 6.09 Å². The Hall–Kier alpha value is -3.87. The van der Waals surface area contributed by atoms with Crippen LogP contribution in [0.25, 0.3) is 27.7 Å².